The van der Waals surface area contributed by atoms with Crippen LogP contribution in [0, 0.1) is 13.8 Å². The van der Waals surface area contributed by atoms with Gasteiger partial charge in [0.05, 0.1) is 0 Å². The maximum absolute atomic E-state index is 12.0. The molecule has 5 N–H and O–H groups in total. The molecule has 0 radical (unpaired) electrons. The Balaban J connectivity index is 2.49. The molecule has 1 unspecified atom stereocenters. The molecule has 128 valence electrons. The molecule has 0 aliphatic rings. The smallest absolute Gasteiger partial charge is 0.269 e. The molecule has 0 heterocycles. The third kappa shape index (κ3) is 6.60. The number of aryl methyl sites for hydroxylation is 2. The van der Waals surface area contributed by atoms with Gasteiger partial charge in [-0.05, 0) is 43.9 Å². The Bertz CT molecular complexity index is 531. The average molecular weight is 339 g/mol. The second-order valence-corrected chi connectivity index (χ2v) is 6.81. The van der Waals surface area contributed by atoms with E-state index in [-0.39, 0.29) is 0 Å². The minimum Gasteiger partial charge on any atom is -0.382 e. The molecule has 1 aromatic carbocycles. The van der Waals surface area contributed by atoms with Crippen molar-refractivity contribution in [1.82, 2.24) is 10.9 Å². The summed E-state index contributed by atoms with van der Waals surface area (Å²) in [6.45, 7) is 5.81. The van der Waals surface area contributed by atoms with Crippen molar-refractivity contribution in [3.8, 4) is 0 Å². The Kier molecular flexibility index (Phi) is 8.08. The summed E-state index contributed by atoms with van der Waals surface area (Å²) < 4.78 is 0. The third-order valence-electron chi connectivity index (χ3n) is 3.26. The largest absolute Gasteiger partial charge is 0.382 e. The van der Waals surface area contributed by atoms with Gasteiger partial charge < -0.3 is 10.8 Å². The van der Waals surface area contributed by atoms with E-state index in [1.807, 2.05) is 26.8 Å². The van der Waals surface area contributed by atoms with Gasteiger partial charge in [0.15, 0.2) is 0 Å². The van der Waals surface area contributed by atoms with Gasteiger partial charge in [0, 0.05) is 11.6 Å². The van der Waals surface area contributed by atoms with Crippen molar-refractivity contribution in [3.05, 3.63) is 34.9 Å². The molecule has 0 aliphatic carbocycles. The highest BCUT2D eigenvalue weighted by molar-refractivity contribution is 7.99. The molecular formula is C16H25N3O3S. The summed E-state index contributed by atoms with van der Waals surface area (Å²) in [5, 5.41) is 9.86. The van der Waals surface area contributed by atoms with Crippen LogP contribution in [0.4, 0.5) is 0 Å². The van der Waals surface area contributed by atoms with Gasteiger partial charge in [-0.25, -0.2) is 0 Å². The summed E-state index contributed by atoms with van der Waals surface area (Å²) in [7, 11) is 0. The normalized spacial score (nSPS) is 13.3. The first kappa shape index (κ1) is 19.5. The van der Waals surface area contributed by atoms with E-state index >= 15 is 0 Å². The van der Waals surface area contributed by atoms with E-state index in [1.54, 1.807) is 23.9 Å². The SMILES string of the molecule is CCSCC[C@@H](N)C(O)C(=O)NNC(=O)c1cc(C)cc(C)c1. The van der Waals surface area contributed by atoms with Gasteiger partial charge in [-0.3, -0.25) is 20.4 Å². The summed E-state index contributed by atoms with van der Waals surface area (Å²) in [6.07, 6.45) is -0.829. The fraction of sp³-hybridized carbons (Fsp3) is 0.500. The summed E-state index contributed by atoms with van der Waals surface area (Å²) in [4.78, 5) is 23.8. The third-order valence-corrected chi connectivity index (χ3v) is 4.19. The molecule has 0 aliphatic heterocycles. The Morgan fingerprint density at radius 1 is 1.22 bits per heavy atom. The number of rotatable bonds is 7. The lowest BCUT2D eigenvalue weighted by molar-refractivity contribution is -0.131. The molecule has 2 amide bonds. The number of carbonyl (C=O) groups excluding carboxylic acids is 2. The molecule has 23 heavy (non-hydrogen) atoms. The number of aliphatic hydroxyl groups is 1. The van der Waals surface area contributed by atoms with Crippen LogP contribution >= 0.6 is 11.8 Å². The van der Waals surface area contributed by atoms with Crippen LogP contribution in [0.1, 0.15) is 34.8 Å². The van der Waals surface area contributed by atoms with Gasteiger partial charge >= 0.3 is 0 Å². The van der Waals surface area contributed by atoms with Crippen LogP contribution in [0.5, 0.6) is 0 Å². The van der Waals surface area contributed by atoms with Crippen LogP contribution in [-0.4, -0.2) is 40.6 Å². The zero-order chi connectivity index (χ0) is 17.4. The summed E-state index contributed by atoms with van der Waals surface area (Å²) in [5.74, 6) is 0.585. The highest BCUT2D eigenvalue weighted by Crippen LogP contribution is 2.08. The number of aliphatic hydroxyl groups excluding tert-OH is 1. The van der Waals surface area contributed by atoms with Gasteiger partial charge in [0.25, 0.3) is 11.8 Å². The first-order chi connectivity index (χ1) is 10.8. The van der Waals surface area contributed by atoms with Gasteiger partial charge in [-0.1, -0.05) is 24.1 Å². The van der Waals surface area contributed by atoms with Gasteiger partial charge in [0.1, 0.15) is 6.10 Å². The Hall–Kier alpha value is -1.57. The molecule has 0 bridgehead atoms. The topological polar surface area (TPSA) is 104 Å². The molecule has 0 spiro atoms. The lowest BCUT2D eigenvalue weighted by atomic mass is 10.1. The Morgan fingerprint density at radius 3 is 2.39 bits per heavy atom. The molecule has 7 heteroatoms. The number of benzene rings is 1. The molecule has 2 atom stereocenters. The Labute approximate surface area is 141 Å². The van der Waals surface area contributed by atoms with Crippen LogP contribution < -0.4 is 16.6 Å². The number of carbonyl (C=O) groups is 2. The fourth-order valence-electron chi connectivity index (χ4n) is 2.09. The first-order valence-electron chi connectivity index (χ1n) is 7.55. The van der Waals surface area contributed by atoms with E-state index < -0.39 is 24.0 Å². The minimum absolute atomic E-state index is 0.438. The lowest BCUT2D eigenvalue weighted by Gasteiger charge is -2.18. The van der Waals surface area contributed by atoms with Crippen LogP contribution in [0.3, 0.4) is 0 Å². The highest BCUT2D eigenvalue weighted by atomic mass is 32.2. The van der Waals surface area contributed by atoms with Crippen molar-refractivity contribution in [2.75, 3.05) is 11.5 Å². The summed E-state index contributed by atoms with van der Waals surface area (Å²) >= 11 is 1.69. The molecular weight excluding hydrogens is 314 g/mol. The fourth-order valence-corrected chi connectivity index (χ4v) is 2.81. The quantitative estimate of drug-likeness (QED) is 0.436. The van der Waals surface area contributed by atoms with Crippen molar-refractivity contribution in [2.45, 2.75) is 39.3 Å². The number of nitrogens with two attached hydrogens (primary N) is 1. The zero-order valence-electron chi connectivity index (χ0n) is 13.8. The number of hydrazine groups is 1. The number of hydrogen-bond acceptors (Lipinski definition) is 5. The average Bonchev–Trinajstić information content (AvgIpc) is 2.50. The molecule has 0 saturated heterocycles. The van der Waals surface area contributed by atoms with E-state index in [0.29, 0.717) is 12.0 Å². The van der Waals surface area contributed by atoms with E-state index in [2.05, 4.69) is 10.9 Å². The molecule has 0 saturated carbocycles. The predicted octanol–water partition coefficient (Wildman–Crippen LogP) is 0.896. The molecule has 0 aromatic heterocycles. The van der Waals surface area contributed by atoms with Crippen LogP contribution in [0.25, 0.3) is 0 Å². The first-order valence-corrected chi connectivity index (χ1v) is 8.70. The number of thioether (sulfide) groups is 1. The molecule has 1 rings (SSSR count). The number of hydrogen-bond donors (Lipinski definition) is 4. The molecule has 6 nitrogen and oxygen atoms in total. The molecule has 0 fully saturated rings. The van der Waals surface area contributed by atoms with Crippen molar-refractivity contribution < 1.29 is 14.7 Å². The van der Waals surface area contributed by atoms with Crippen molar-refractivity contribution in [2.24, 2.45) is 5.73 Å². The maximum Gasteiger partial charge on any atom is 0.269 e. The standard InChI is InChI=1S/C16H25N3O3S/c1-4-23-6-5-13(17)14(20)16(22)19-18-15(21)12-8-10(2)7-11(3)9-12/h7-9,13-14,20H,4-6,17H2,1-3H3,(H,18,21)(H,19,22)/t13-,14?/m1/s1. The van der Waals surface area contributed by atoms with Gasteiger partial charge in [-0.2, -0.15) is 11.8 Å². The van der Waals surface area contributed by atoms with Crippen molar-refractivity contribution >= 4 is 23.6 Å². The van der Waals surface area contributed by atoms with Crippen LogP contribution in [0.2, 0.25) is 0 Å². The second-order valence-electron chi connectivity index (χ2n) is 5.41. The van der Waals surface area contributed by atoms with Crippen molar-refractivity contribution in [1.29, 1.82) is 0 Å². The number of amides is 2. The van der Waals surface area contributed by atoms with Crippen LogP contribution in [0.15, 0.2) is 18.2 Å². The van der Waals surface area contributed by atoms with E-state index in [1.165, 1.54) is 0 Å². The minimum atomic E-state index is -1.35. The second kappa shape index (κ2) is 9.54. The van der Waals surface area contributed by atoms with Gasteiger partial charge in [-0.15, -0.1) is 0 Å². The van der Waals surface area contributed by atoms with E-state index in [4.69, 9.17) is 5.73 Å². The number of nitrogens with one attached hydrogen (secondary N) is 2. The zero-order valence-corrected chi connectivity index (χ0v) is 14.6. The van der Waals surface area contributed by atoms with E-state index in [0.717, 1.165) is 22.6 Å². The van der Waals surface area contributed by atoms with Gasteiger partial charge in [0.2, 0.25) is 0 Å². The Morgan fingerprint density at radius 2 is 1.83 bits per heavy atom. The predicted molar refractivity (Wildman–Crippen MR) is 93.1 cm³/mol. The summed E-state index contributed by atoms with van der Waals surface area (Å²) in [6, 6.07) is 4.73. The van der Waals surface area contributed by atoms with E-state index in [9.17, 15) is 14.7 Å². The lowest BCUT2D eigenvalue weighted by Crippen LogP contribution is -2.52. The van der Waals surface area contributed by atoms with Crippen molar-refractivity contribution in [3.63, 3.8) is 0 Å². The highest BCUT2D eigenvalue weighted by Gasteiger charge is 2.23. The maximum atomic E-state index is 12.0. The molecule has 1 aromatic rings. The summed E-state index contributed by atoms with van der Waals surface area (Å²) in [5.41, 5.74) is 12.6. The monoisotopic (exact) mass is 339 g/mol. The van der Waals surface area contributed by atoms with Crippen LogP contribution in [-0.2, 0) is 4.79 Å².